The lowest BCUT2D eigenvalue weighted by molar-refractivity contribution is -0.384. The summed E-state index contributed by atoms with van der Waals surface area (Å²) in [5.41, 5.74) is 1.68. The van der Waals surface area contributed by atoms with Crippen LogP contribution in [0, 0.1) is 10.1 Å². The molecule has 1 aliphatic heterocycles. The van der Waals surface area contributed by atoms with Gasteiger partial charge in [-0.2, -0.15) is 0 Å². The third-order valence-corrected chi connectivity index (χ3v) is 5.27. The minimum Gasteiger partial charge on any atom is -0.489 e. The number of carbonyl (C=O) groups excluding carboxylic acids is 1. The highest BCUT2D eigenvalue weighted by Crippen LogP contribution is 2.32. The van der Waals surface area contributed by atoms with Gasteiger partial charge in [-0.25, -0.2) is 0 Å². The first-order valence-corrected chi connectivity index (χ1v) is 9.53. The second-order valence-corrected chi connectivity index (χ2v) is 7.54. The van der Waals surface area contributed by atoms with E-state index in [0.29, 0.717) is 21.5 Å². The fraction of sp³-hybridized carbons (Fsp3) is 0.100. The average molecular weight is 412 g/mol. The van der Waals surface area contributed by atoms with Gasteiger partial charge in [0.25, 0.3) is 11.6 Å². The lowest BCUT2D eigenvalue weighted by Gasteiger charge is -2.10. The number of hydrogen-bond acceptors (Lipinski definition) is 6. The summed E-state index contributed by atoms with van der Waals surface area (Å²) in [6.07, 6.45) is 3.42. The molecule has 3 rings (SSSR count). The van der Waals surface area contributed by atoms with Crippen LogP contribution in [-0.2, 0) is 11.4 Å². The zero-order chi connectivity index (χ0) is 20.1. The number of nitro benzene ring substituents is 1. The molecule has 1 fully saturated rings. The van der Waals surface area contributed by atoms with Gasteiger partial charge >= 0.3 is 0 Å². The normalized spacial score (nSPS) is 15.1. The molecule has 0 atom stereocenters. The molecular formula is C20H16N2O4S2. The summed E-state index contributed by atoms with van der Waals surface area (Å²) in [7, 11) is 0. The van der Waals surface area contributed by atoms with E-state index in [1.807, 2.05) is 24.3 Å². The van der Waals surface area contributed by atoms with Gasteiger partial charge in [0, 0.05) is 18.7 Å². The maximum atomic E-state index is 12.4. The smallest absolute Gasteiger partial charge is 0.269 e. The second kappa shape index (κ2) is 8.81. The number of nitrogens with zero attached hydrogens (tertiary/aromatic N) is 2. The van der Waals surface area contributed by atoms with Crippen LogP contribution in [0.15, 0.2) is 66.1 Å². The molecule has 0 spiro atoms. The van der Waals surface area contributed by atoms with Crippen LogP contribution < -0.4 is 4.74 Å². The Kier molecular flexibility index (Phi) is 6.23. The molecule has 0 unspecified atom stereocenters. The molecule has 0 N–H and O–H groups in total. The Labute approximate surface area is 171 Å². The van der Waals surface area contributed by atoms with Gasteiger partial charge in [0.1, 0.15) is 16.7 Å². The van der Waals surface area contributed by atoms with Crippen LogP contribution >= 0.6 is 24.0 Å². The number of amides is 1. The maximum Gasteiger partial charge on any atom is 0.269 e. The van der Waals surface area contributed by atoms with Crippen molar-refractivity contribution in [2.45, 2.75) is 6.61 Å². The third kappa shape index (κ3) is 4.65. The van der Waals surface area contributed by atoms with Crippen molar-refractivity contribution in [2.24, 2.45) is 0 Å². The van der Waals surface area contributed by atoms with E-state index in [-0.39, 0.29) is 18.2 Å². The summed E-state index contributed by atoms with van der Waals surface area (Å²) in [5, 5.41) is 10.7. The van der Waals surface area contributed by atoms with Crippen molar-refractivity contribution in [2.75, 3.05) is 6.54 Å². The Morgan fingerprint density at radius 2 is 2.00 bits per heavy atom. The third-order valence-electron chi connectivity index (χ3n) is 3.89. The van der Waals surface area contributed by atoms with E-state index in [9.17, 15) is 14.9 Å². The molecule has 1 heterocycles. The van der Waals surface area contributed by atoms with Crippen LogP contribution in [0.3, 0.4) is 0 Å². The van der Waals surface area contributed by atoms with Crippen LogP contribution in [0.4, 0.5) is 5.69 Å². The van der Waals surface area contributed by atoms with E-state index in [4.69, 9.17) is 17.0 Å². The highest BCUT2D eigenvalue weighted by molar-refractivity contribution is 8.26. The molecule has 1 aliphatic rings. The van der Waals surface area contributed by atoms with Crippen LogP contribution in [0.25, 0.3) is 6.08 Å². The molecule has 0 aromatic heterocycles. The molecule has 6 nitrogen and oxygen atoms in total. The Hall–Kier alpha value is -2.97. The van der Waals surface area contributed by atoms with E-state index in [2.05, 4.69) is 6.58 Å². The first kappa shape index (κ1) is 19.8. The summed E-state index contributed by atoms with van der Waals surface area (Å²) >= 11 is 6.50. The molecule has 28 heavy (non-hydrogen) atoms. The second-order valence-electron chi connectivity index (χ2n) is 5.87. The van der Waals surface area contributed by atoms with Crippen LogP contribution in [0.2, 0.25) is 0 Å². The van der Waals surface area contributed by atoms with Gasteiger partial charge < -0.3 is 4.74 Å². The molecule has 2 aromatic rings. The summed E-state index contributed by atoms with van der Waals surface area (Å²) in [5.74, 6) is 0.501. The standard InChI is InChI=1S/C20H16N2O4S2/c1-2-10-21-19(23)18(28-20(21)27)12-15-4-3-5-17(11-15)26-13-14-6-8-16(9-7-14)22(24)25/h2-9,11-12H,1,10,13H2. The van der Waals surface area contributed by atoms with E-state index in [1.165, 1.54) is 28.8 Å². The van der Waals surface area contributed by atoms with Crippen molar-refractivity contribution in [1.82, 2.24) is 4.90 Å². The van der Waals surface area contributed by atoms with E-state index in [0.717, 1.165) is 11.1 Å². The highest BCUT2D eigenvalue weighted by Gasteiger charge is 2.30. The van der Waals surface area contributed by atoms with Crippen molar-refractivity contribution in [3.8, 4) is 5.75 Å². The van der Waals surface area contributed by atoms with Crippen molar-refractivity contribution in [3.05, 3.63) is 87.3 Å². The summed E-state index contributed by atoms with van der Waals surface area (Å²) in [6.45, 7) is 4.31. The fourth-order valence-corrected chi connectivity index (χ4v) is 3.79. The molecule has 0 saturated carbocycles. The number of hydrogen-bond donors (Lipinski definition) is 0. The highest BCUT2D eigenvalue weighted by atomic mass is 32.2. The Balaban J connectivity index is 1.69. The molecule has 0 aliphatic carbocycles. The SMILES string of the molecule is C=CCN1C(=O)C(=Cc2cccc(OCc3ccc([N+](=O)[O-])cc3)c2)SC1=S. The molecular weight excluding hydrogens is 396 g/mol. The first-order valence-electron chi connectivity index (χ1n) is 8.30. The summed E-state index contributed by atoms with van der Waals surface area (Å²) < 4.78 is 6.28. The first-order chi connectivity index (χ1) is 13.5. The Morgan fingerprint density at radius 1 is 1.25 bits per heavy atom. The lowest BCUT2D eigenvalue weighted by atomic mass is 10.2. The molecule has 1 amide bonds. The Morgan fingerprint density at radius 3 is 2.68 bits per heavy atom. The molecule has 1 saturated heterocycles. The van der Waals surface area contributed by atoms with E-state index in [1.54, 1.807) is 24.3 Å². The Bertz CT molecular complexity index is 970. The van der Waals surface area contributed by atoms with Gasteiger partial charge in [0.15, 0.2) is 0 Å². The minimum atomic E-state index is -0.439. The summed E-state index contributed by atoms with van der Waals surface area (Å²) in [6, 6.07) is 13.6. The van der Waals surface area contributed by atoms with Crippen molar-refractivity contribution in [3.63, 3.8) is 0 Å². The number of benzene rings is 2. The van der Waals surface area contributed by atoms with Gasteiger partial charge in [0.05, 0.1) is 9.83 Å². The number of thiocarbonyl (C=S) groups is 1. The van der Waals surface area contributed by atoms with Crippen molar-refractivity contribution < 1.29 is 14.5 Å². The van der Waals surface area contributed by atoms with Crippen LogP contribution in [0.5, 0.6) is 5.75 Å². The van der Waals surface area contributed by atoms with Gasteiger partial charge in [0.2, 0.25) is 0 Å². The van der Waals surface area contributed by atoms with Gasteiger partial charge in [-0.15, -0.1) is 6.58 Å². The van der Waals surface area contributed by atoms with Gasteiger partial charge in [-0.05, 0) is 41.5 Å². The van der Waals surface area contributed by atoms with Crippen molar-refractivity contribution >= 4 is 46.0 Å². The van der Waals surface area contributed by atoms with Gasteiger partial charge in [-0.1, -0.05) is 42.2 Å². The molecule has 8 heteroatoms. The molecule has 0 radical (unpaired) electrons. The number of non-ortho nitro benzene ring substituents is 1. The largest absolute Gasteiger partial charge is 0.489 e. The van der Waals surface area contributed by atoms with Crippen LogP contribution in [-0.4, -0.2) is 26.6 Å². The van der Waals surface area contributed by atoms with E-state index >= 15 is 0 Å². The minimum absolute atomic E-state index is 0.0412. The topological polar surface area (TPSA) is 72.7 Å². The summed E-state index contributed by atoms with van der Waals surface area (Å²) in [4.78, 5) is 24.7. The number of thioether (sulfide) groups is 1. The number of carbonyl (C=O) groups is 1. The monoisotopic (exact) mass is 412 g/mol. The predicted molar refractivity (Wildman–Crippen MR) is 114 cm³/mol. The maximum absolute atomic E-state index is 12.4. The molecule has 0 bridgehead atoms. The fourth-order valence-electron chi connectivity index (χ4n) is 2.51. The quantitative estimate of drug-likeness (QED) is 0.218. The molecule has 2 aromatic carbocycles. The van der Waals surface area contributed by atoms with Gasteiger partial charge in [-0.3, -0.25) is 19.8 Å². The van der Waals surface area contributed by atoms with Crippen molar-refractivity contribution in [1.29, 1.82) is 0 Å². The van der Waals surface area contributed by atoms with Crippen LogP contribution in [0.1, 0.15) is 11.1 Å². The number of nitro groups is 1. The predicted octanol–water partition coefficient (Wildman–Crippen LogP) is 4.56. The number of ether oxygens (including phenoxy) is 1. The van der Waals surface area contributed by atoms with E-state index < -0.39 is 4.92 Å². The zero-order valence-corrected chi connectivity index (χ0v) is 16.4. The lowest BCUT2D eigenvalue weighted by Crippen LogP contribution is -2.27. The average Bonchev–Trinajstić information content (AvgIpc) is 2.95. The number of rotatable bonds is 7. The zero-order valence-electron chi connectivity index (χ0n) is 14.7. The molecule has 142 valence electrons.